The van der Waals surface area contributed by atoms with Gasteiger partial charge in [-0.25, -0.2) is 8.42 Å². The number of aliphatic hydroxyl groups excluding tert-OH is 1. The maximum atomic E-state index is 12.8. The van der Waals surface area contributed by atoms with Crippen LogP contribution in [0.4, 0.5) is 0 Å². The van der Waals surface area contributed by atoms with Crippen LogP contribution < -0.4 is 4.74 Å². The minimum absolute atomic E-state index is 0.0957. The summed E-state index contributed by atoms with van der Waals surface area (Å²) in [5.74, 6) is 0.374. The molecule has 0 amide bonds. The number of hydrogen-bond donors (Lipinski definition) is 1. The van der Waals surface area contributed by atoms with Gasteiger partial charge in [-0.1, -0.05) is 6.07 Å². The molecular weight excluding hydrogens is 292 g/mol. The minimum atomic E-state index is -3.55. The molecule has 0 bridgehead atoms. The summed E-state index contributed by atoms with van der Waals surface area (Å²) in [4.78, 5) is 2.28. The van der Waals surface area contributed by atoms with Crippen molar-refractivity contribution in [1.82, 2.24) is 9.21 Å². The maximum Gasteiger partial charge on any atom is 0.246 e. The lowest BCUT2D eigenvalue weighted by Crippen LogP contribution is -2.49. The summed E-state index contributed by atoms with van der Waals surface area (Å²) >= 11 is 0. The molecule has 1 aliphatic rings. The van der Waals surface area contributed by atoms with Gasteiger partial charge in [0.05, 0.1) is 13.7 Å². The van der Waals surface area contributed by atoms with E-state index >= 15 is 0 Å². The second-order valence-electron chi connectivity index (χ2n) is 5.12. The van der Waals surface area contributed by atoms with Gasteiger partial charge in [-0.3, -0.25) is 4.90 Å². The predicted octanol–water partition coefficient (Wildman–Crippen LogP) is 0.302. The molecule has 1 N–H and O–H groups in total. The van der Waals surface area contributed by atoms with Crippen molar-refractivity contribution < 1.29 is 18.3 Å². The van der Waals surface area contributed by atoms with Crippen LogP contribution in [-0.4, -0.2) is 69.2 Å². The van der Waals surface area contributed by atoms with Crippen molar-refractivity contribution in [1.29, 1.82) is 0 Å². The lowest BCUT2D eigenvalue weighted by Gasteiger charge is -2.33. The summed E-state index contributed by atoms with van der Waals surface area (Å²) in [5.41, 5.74) is 0.883. The molecule has 6 nitrogen and oxygen atoms in total. The highest BCUT2D eigenvalue weighted by Gasteiger charge is 2.30. The number of rotatable bonds is 5. The molecule has 0 aliphatic carbocycles. The van der Waals surface area contributed by atoms with E-state index in [1.54, 1.807) is 12.1 Å². The zero-order chi connectivity index (χ0) is 15.5. The standard InChI is InChI=1S/C14H22N2O4S/c1-12-3-4-13(20-2)14(11-12)21(18,19)16-7-5-15(6-8-16)9-10-17/h3-4,11,17H,5-10H2,1-2H3. The van der Waals surface area contributed by atoms with Crippen LogP contribution in [0.5, 0.6) is 5.75 Å². The predicted molar refractivity (Wildman–Crippen MR) is 80.0 cm³/mol. The quantitative estimate of drug-likeness (QED) is 0.846. The van der Waals surface area contributed by atoms with Crippen LogP contribution in [-0.2, 0) is 10.0 Å². The van der Waals surface area contributed by atoms with Crippen LogP contribution in [0.25, 0.3) is 0 Å². The molecule has 0 spiro atoms. The van der Waals surface area contributed by atoms with Crippen LogP contribution >= 0.6 is 0 Å². The van der Waals surface area contributed by atoms with E-state index in [1.807, 2.05) is 13.0 Å². The lowest BCUT2D eigenvalue weighted by atomic mass is 10.2. The van der Waals surface area contributed by atoms with E-state index in [9.17, 15) is 8.42 Å². The Morgan fingerprint density at radius 2 is 1.90 bits per heavy atom. The van der Waals surface area contributed by atoms with Crippen LogP contribution in [0.15, 0.2) is 23.1 Å². The maximum absolute atomic E-state index is 12.8. The molecule has 21 heavy (non-hydrogen) atoms. The number of methoxy groups -OCH3 is 1. The van der Waals surface area contributed by atoms with Crippen LogP contribution in [0.1, 0.15) is 5.56 Å². The molecule has 0 radical (unpaired) electrons. The van der Waals surface area contributed by atoms with Gasteiger partial charge in [-0.15, -0.1) is 0 Å². The SMILES string of the molecule is COc1ccc(C)cc1S(=O)(=O)N1CCN(CCO)CC1. The number of β-amino-alcohol motifs (C(OH)–C–C–N with tert-alkyl or cyclic N) is 1. The number of ether oxygens (including phenoxy) is 1. The first-order valence-corrected chi connectivity index (χ1v) is 8.41. The second kappa shape index (κ2) is 6.74. The second-order valence-corrected chi connectivity index (χ2v) is 7.03. The highest BCUT2D eigenvalue weighted by Crippen LogP contribution is 2.28. The van der Waals surface area contributed by atoms with Gasteiger partial charge in [-0.2, -0.15) is 4.31 Å². The highest BCUT2D eigenvalue weighted by atomic mass is 32.2. The minimum Gasteiger partial charge on any atom is -0.495 e. The van der Waals surface area contributed by atoms with E-state index in [1.165, 1.54) is 11.4 Å². The third-order valence-corrected chi connectivity index (χ3v) is 5.60. The van der Waals surface area contributed by atoms with Gasteiger partial charge in [0.1, 0.15) is 10.6 Å². The molecule has 1 fully saturated rings. The van der Waals surface area contributed by atoms with Gasteiger partial charge in [-0.05, 0) is 24.6 Å². The summed E-state index contributed by atoms with van der Waals surface area (Å²) in [6.07, 6.45) is 0. The monoisotopic (exact) mass is 314 g/mol. The van der Waals surface area contributed by atoms with Crippen LogP contribution in [0.3, 0.4) is 0 Å². The first-order chi connectivity index (χ1) is 9.98. The average Bonchev–Trinajstić information content (AvgIpc) is 2.48. The smallest absolute Gasteiger partial charge is 0.246 e. The number of benzene rings is 1. The zero-order valence-electron chi connectivity index (χ0n) is 12.4. The Morgan fingerprint density at radius 1 is 1.24 bits per heavy atom. The summed E-state index contributed by atoms with van der Waals surface area (Å²) < 4.78 is 32.2. The molecule has 0 aromatic heterocycles. The molecule has 1 aliphatic heterocycles. The molecule has 1 heterocycles. The molecule has 2 rings (SSSR count). The van der Waals surface area contributed by atoms with E-state index in [0.29, 0.717) is 38.5 Å². The number of sulfonamides is 1. The highest BCUT2D eigenvalue weighted by molar-refractivity contribution is 7.89. The Kier molecular flexibility index (Phi) is 5.21. The topological polar surface area (TPSA) is 70.1 Å². The van der Waals surface area contributed by atoms with E-state index in [0.717, 1.165) is 5.56 Å². The Bertz CT molecular complexity index is 581. The zero-order valence-corrected chi connectivity index (χ0v) is 13.3. The Hall–Kier alpha value is -1.15. The first kappa shape index (κ1) is 16.2. The van der Waals surface area contributed by atoms with Gasteiger partial charge in [0.25, 0.3) is 0 Å². The fraction of sp³-hybridized carbons (Fsp3) is 0.571. The van der Waals surface area contributed by atoms with Crippen molar-refractivity contribution >= 4 is 10.0 Å². The molecule has 1 aromatic carbocycles. The number of aliphatic hydroxyl groups is 1. The van der Waals surface area contributed by atoms with E-state index in [4.69, 9.17) is 9.84 Å². The van der Waals surface area contributed by atoms with Gasteiger partial charge >= 0.3 is 0 Å². The average molecular weight is 314 g/mol. The van der Waals surface area contributed by atoms with E-state index < -0.39 is 10.0 Å². The number of aryl methyl sites for hydroxylation is 1. The molecule has 118 valence electrons. The van der Waals surface area contributed by atoms with Crippen molar-refractivity contribution in [2.45, 2.75) is 11.8 Å². The molecule has 0 atom stereocenters. The van der Waals surface area contributed by atoms with Crippen molar-refractivity contribution in [3.05, 3.63) is 23.8 Å². The number of piperazine rings is 1. The largest absolute Gasteiger partial charge is 0.495 e. The molecule has 7 heteroatoms. The fourth-order valence-corrected chi connectivity index (χ4v) is 4.12. The van der Waals surface area contributed by atoms with Crippen molar-refractivity contribution in [2.75, 3.05) is 46.4 Å². The molecule has 1 saturated heterocycles. The van der Waals surface area contributed by atoms with Gasteiger partial charge in [0, 0.05) is 32.7 Å². The van der Waals surface area contributed by atoms with Gasteiger partial charge in [0.2, 0.25) is 10.0 Å². The van der Waals surface area contributed by atoms with Crippen LogP contribution in [0, 0.1) is 6.92 Å². The fourth-order valence-electron chi connectivity index (χ4n) is 2.46. The number of nitrogens with zero attached hydrogens (tertiary/aromatic N) is 2. The first-order valence-electron chi connectivity index (χ1n) is 6.97. The molecular formula is C14H22N2O4S. The number of hydrogen-bond acceptors (Lipinski definition) is 5. The molecule has 1 aromatic rings. The normalized spacial score (nSPS) is 17.9. The Balaban J connectivity index is 2.21. The van der Waals surface area contributed by atoms with Gasteiger partial charge < -0.3 is 9.84 Å². The third-order valence-electron chi connectivity index (χ3n) is 3.68. The summed E-state index contributed by atoms with van der Waals surface area (Å²) in [7, 11) is -2.07. The van der Waals surface area contributed by atoms with E-state index in [2.05, 4.69) is 4.90 Å². The Labute approximate surface area is 126 Å². The van der Waals surface area contributed by atoms with Crippen molar-refractivity contribution in [3.63, 3.8) is 0 Å². The molecule has 0 saturated carbocycles. The summed E-state index contributed by atoms with van der Waals surface area (Å²) in [6.45, 7) is 4.67. The van der Waals surface area contributed by atoms with Crippen LogP contribution in [0.2, 0.25) is 0 Å². The summed E-state index contributed by atoms with van der Waals surface area (Å²) in [6, 6.07) is 5.16. The van der Waals surface area contributed by atoms with Crippen molar-refractivity contribution in [3.8, 4) is 5.75 Å². The van der Waals surface area contributed by atoms with E-state index in [-0.39, 0.29) is 11.5 Å². The lowest BCUT2D eigenvalue weighted by molar-refractivity contribution is 0.151. The van der Waals surface area contributed by atoms with Crippen molar-refractivity contribution in [2.24, 2.45) is 0 Å². The summed E-state index contributed by atoms with van der Waals surface area (Å²) in [5, 5.41) is 8.93. The van der Waals surface area contributed by atoms with Gasteiger partial charge in [0.15, 0.2) is 0 Å². The molecule has 0 unspecified atom stereocenters. The Morgan fingerprint density at radius 3 is 2.48 bits per heavy atom. The third kappa shape index (κ3) is 3.55.